The predicted molar refractivity (Wildman–Crippen MR) is 117 cm³/mol. The molecule has 0 N–H and O–H groups in total. The van der Waals surface area contributed by atoms with E-state index in [1.807, 2.05) is 0 Å². The zero-order valence-corrected chi connectivity index (χ0v) is 18.3. The van der Waals surface area contributed by atoms with Gasteiger partial charge in [-0.1, -0.05) is 41.6 Å². The van der Waals surface area contributed by atoms with Gasteiger partial charge in [0.2, 0.25) is 5.89 Å². The fourth-order valence-corrected chi connectivity index (χ4v) is 5.01. The molecule has 5 aromatic rings. The van der Waals surface area contributed by atoms with Crippen LogP contribution in [0, 0.1) is 6.92 Å². The largest absolute Gasteiger partial charge is 0.444 e. The van der Waals surface area contributed by atoms with Crippen LogP contribution in [0.3, 0.4) is 0 Å². The molecule has 0 aliphatic heterocycles. The summed E-state index contributed by atoms with van der Waals surface area (Å²) in [7, 11) is 0. The van der Waals surface area contributed by atoms with Gasteiger partial charge in [-0.15, -0.1) is 21.5 Å². The highest BCUT2D eigenvalue weighted by Gasteiger charge is 2.16. The minimum Gasteiger partial charge on any atom is -0.444 e. The third kappa shape index (κ3) is 3.73. The van der Waals surface area contributed by atoms with E-state index in [2.05, 4.69) is 72.7 Å². The summed E-state index contributed by atoms with van der Waals surface area (Å²) in [5, 5.41) is 12.3. The molecule has 0 radical (unpaired) electrons. The molecule has 0 spiro atoms. The number of hydrogen-bond donors (Lipinski definition) is 0. The second-order valence-corrected chi connectivity index (χ2v) is 8.87. The molecule has 1 aromatic carbocycles. The number of hydrogen-bond acceptors (Lipinski definition) is 8. The van der Waals surface area contributed by atoms with E-state index in [1.54, 1.807) is 41.6 Å². The number of thiophene rings is 1. The second kappa shape index (κ2) is 7.74. The van der Waals surface area contributed by atoms with Gasteiger partial charge in [-0.2, -0.15) is 0 Å². The van der Waals surface area contributed by atoms with Crippen LogP contribution in [0.25, 0.3) is 33.0 Å². The molecule has 0 saturated carbocycles. The van der Waals surface area contributed by atoms with Gasteiger partial charge in [-0.05, 0) is 40.5 Å². The van der Waals surface area contributed by atoms with Crippen molar-refractivity contribution in [2.75, 3.05) is 0 Å². The van der Waals surface area contributed by atoms with E-state index in [0.29, 0.717) is 28.0 Å². The summed E-state index contributed by atoms with van der Waals surface area (Å²) in [6, 6.07) is 12.1. The van der Waals surface area contributed by atoms with Crippen LogP contribution in [-0.4, -0.2) is 20.2 Å². The lowest BCUT2D eigenvalue weighted by atomic mass is 10.1. The molecule has 0 aliphatic rings. The molecule has 6 nitrogen and oxygen atoms in total. The van der Waals surface area contributed by atoms with Crippen molar-refractivity contribution in [3.05, 3.63) is 64.2 Å². The number of halogens is 1. The molecule has 4 heterocycles. The quantitative estimate of drug-likeness (QED) is 0.212. The maximum atomic E-state index is 5.73. The third-order valence-electron chi connectivity index (χ3n) is 4.28. The predicted octanol–water partition coefficient (Wildman–Crippen LogP) is 6.36. The Morgan fingerprint density at radius 2 is 1.90 bits per heavy atom. The van der Waals surface area contributed by atoms with Crippen LogP contribution in [0.15, 0.2) is 66.6 Å². The highest BCUT2D eigenvalue weighted by molar-refractivity contribution is 9.10. The molecule has 0 fully saturated rings. The van der Waals surface area contributed by atoms with E-state index in [9.17, 15) is 0 Å². The van der Waals surface area contributed by atoms with Gasteiger partial charge in [-0.3, -0.25) is 0 Å². The molecular weight excluding hydrogens is 472 g/mol. The topological polar surface area (TPSA) is 77.8 Å². The highest BCUT2D eigenvalue weighted by atomic mass is 79.9. The number of aryl methyl sites for hydroxylation is 1. The molecular formula is C20H13BrN4O2S2. The van der Waals surface area contributed by atoms with Crippen LogP contribution in [0.2, 0.25) is 0 Å². The van der Waals surface area contributed by atoms with Gasteiger partial charge < -0.3 is 8.83 Å². The first kappa shape index (κ1) is 18.5. The maximum absolute atomic E-state index is 5.73. The Bertz CT molecular complexity index is 1290. The number of nitrogens with zero attached hydrogens (tertiary/aromatic N) is 4. The maximum Gasteiger partial charge on any atom is 0.283 e. The molecule has 0 atom stereocenters. The summed E-state index contributed by atoms with van der Waals surface area (Å²) >= 11 is 6.45. The Morgan fingerprint density at radius 3 is 2.69 bits per heavy atom. The van der Waals surface area contributed by atoms with Crippen molar-refractivity contribution in [3.8, 4) is 22.8 Å². The van der Waals surface area contributed by atoms with Crippen LogP contribution in [0.1, 0.15) is 11.5 Å². The fourth-order valence-electron chi connectivity index (χ4n) is 2.87. The van der Waals surface area contributed by atoms with E-state index in [4.69, 9.17) is 8.83 Å². The van der Waals surface area contributed by atoms with Crippen LogP contribution < -0.4 is 0 Å². The number of aromatic nitrogens is 4. The van der Waals surface area contributed by atoms with Gasteiger partial charge in [0.15, 0.2) is 10.4 Å². The SMILES string of the molecule is Cc1ccc(-c2csc3ncnc(SCc4nnc(-c5ccc(Br)o5)o4)c23)cc1. The minimum atomic E-state index is 0.356. The van der Waals surface area contributed by atoms with Crippen molar-refractivity contribution in [1.29, 1.82) is 0 Å². The molecule has 144 valence electrons. The van der Waals surface area contributed by atoms with Crippen LogP contribution in [0.5, 0.6) is 0 Å². The first-order valence-electron chi connectivity index (χ1n) is 8.67. The summed E-state index contributed by atoms with van der Waals surface area (Å²) in [5.41, 5.74) is 3.52. The van der Waals surface area contributed by atoms with E-state index < -0.39 is 0 Å². The zero-order chi connectivity index (χ0) is 19.8. The van der Waals surface area contributed by atoms with Crippen molar-refractivity contribution < 1.29 is 8.83 Å². The van der Waals surface area contributed by atoms with E-state index >= 15 is 0 Å². The average molecular weight is 485 g/mol. The van der Waals surface area contributed by atoms with Gasteiger partial charge in [0, 0.05) is 10.9 Å². The van der Waals surface area contributed by atoms with E-state index in [0.717, 1.165) is 26.4 Å². The lowest BCUT2D eigenvalue weighted by Crippen LogP contribution is -1.88. The van der Waals surface area contributed by atoms with Crippen LogP contribution >= 0.6 is 39.0 Å². The number of furan rings is 1. The zero-order valence-electron chi connectivity index (χ0n) is 15.1. The van der Waals surface area contributed by atoms with Crippen molar-refractivity contribution in [2.45, 2.75) is 17.7 Å². The molecule has 0 aliphatic carbocycles. The number of fused-ring (bicyclic) bond motifs is 1. The second-order valence-electron chi connectivity index (χ2n) is 6.27. The summed E-state index contributed by atoms with van der Waals surface area (Å²) in [6.07, 6.45) is 1.60. The van der Waals surface area contributed by atoms with Crippen LogP contribution in [-0.2, 0) is 5.75 Å². The number of rotatable bonds is 5. The summed E-state index contributed by atoms with van der Waals surface area (Å²) in [5.74, 6) is 1.90. The molecule has 9 heteroatoms. The molecule has 0 unspecified atom stereocenters. The van der Waals surface area contributed by atoms with E-state index in [1.165, 1.54) is 5.56 Å². The summed E-state index contributed by atoms with van der Waals surface area (Å²) in [6.45, 7) is 2.08. The van der Waals surface area contributed by atoms with Gasteiger partial charge in [0.05, 0.1) is 11.1 Å². The Balaban J connectivity index is 1.43. The fraction of sp³-hybridized carbons (Fsp3) is 0.100. The normalized spacial score (nSPS) is 11.4. The molecule has 4 aromatic heterocycles. The molecule has 5 rings (SSSR count). The minimum absolute atomic E-state index is 0.356. The van der Waals surface area contributed by atoms with E-state index in [-0.39, 0.29) is 0 Å². The molecule has 0 amide bonds. The number of thioether (sulfide) groups is 1. The van der Waals surface area contributed by atoms with Gasteiger partial charge in [0.1, 0.15) is 16.2 Å². The van der Waals surface area contributed by atoms with Crippen molar-refractivity contribution in [2.24, 2.45) is 0 Å². The summed E-state index contributed by atoms with van der Waals surface area (Å²) in [4.78, 5) is 9.91. The third-order valence-corrected chi connectivity index (χ3v) is 6.57. The van der Waals surface area contributed by atoms with Crippen molar-refractivity contribution in [3.63, 3.8) is 0 Å². The smallest absolute Gasteiger partial charge is 0.283 e. The lowest BCUT2D eigenvalue weighted by Gasteiger charge is -2.04. The number of benzene rings is 1. The average Bonchev–Trinajstić information content (AvgIpc) is 3.46. The molecule has 0 bridgehead atoms. The Morgan fingerprint density at radius 1 is 1.03 bits per heavy atom. The monoisotopic (exact) mass is 484 g/mol. The van der Waals surface area contributed by atoms with Gasteiger partial charge >= 0.3 is 0 Å². The summed E-state index contributed by atoms with van der Waals surface area (Å²) < 4.78 is 11.8. The van der Waals surface area contributed by atoms with Gasteiger partial charge in [-0.25, -0.2) is 9.97 Å². The molecule has 29 heavy (non-hydrogen) atoms. The highest BCUT2D eigenvalue weighted by Crippen LogP contribution is 2.38. The standard InChI is InChI=1S/C20H13BrN4O2S2/c1-11-2-4-12(5-3-11)13-8-28-19-17(13)20(23-10-22-19)29-9-16-24-25-18(27-16)14-6-7-15(21)26-14/h2-8,10H,9H2,1H3. The van der Waals surface area contributed by atoms with Gasteiger partial charge in [0.25, 0.3) is 5.89 Å². The Hall–Kier alpha value is -2.49. The van der Waals surface area contributed by atoms with Crippen molar-refractivity contribution >= 4 is 49.2 Å². The molecule has 0 saturated heterocycles. The first-order valence-corrected chi connectivity index (χ1v) is 11.3. The van der Waals surface area contributed by atoms with Crippen molar-refractivity contribution in [1.82, 2.24) is 20.2 Å². The Labute approximate surface area is 182 Å². The first-order chi connectivity index (χ1) is 14.2. The Kier molecular flexibility index (Phi) is 4.94. The lowest BCUT2D eigenvalue weighted by molar-refractivity contribution is 0.486. The van der Waals surface area contributed by atoms with Crippen LogP contribution in [0.4, 0.5) is 0 Å².